The fraction of sp³-hybridized carbons (Fsp3) is 0.176. The fourth-order valence-corrected chi connectivity index (χ4v) is 4.15. The third kappa shape index (κ3) is 3.52. The van der Waals surface area contributed by atoms with Gasteiger partial charge in [0.25, 0.3) is 10.0 Å². The van der Waals surface area contributed by atoms with Gasteiger partial charge >= 0.3 is 0 Å². The van der Waals surface area contributed by atoms with Crippen LogP contribution in [0.15, 0.2) is 47.5 Å². The molecule has 0 aliphatic carbocycles. The van der Waals surface area contributed by atoms with Gasteiger partial charge in [-0.05, 0) is 62.7 Å². The minimum Gasteiger partial charge on any atom is -0.263 e. The third-order valence-electron chi connectivity index (χ3n) is 3.72. The molecule has 1 N–H and O–H groups in total. The minimum atomic E-state index is -3.81. The van der Waals surface area contributed by atoms with E-state index < -0.39 is 10.0 Å². The number of benzene rings is 1. The van der Waals surface area contributed by atoms with Crippen molar-refractivity contribution < 1.29 is 8.42 Å². The van der Waals surface area contributed by atoms with E-state index in [0.29, 0.717) is 16.4 Å². The van der Waals surface area contributed by atoms with Crippen LogP contribution in [0.5, 0.6) is 0 Å². The van der Waals surface area contributed by atoms with Crippen molar-refractivity contribution in [2.24, 2.45) is 0 Å². The van der Waals surface area contributed by atoms with Gasteiger partial charge < -0.3 is 0 Å². The van der Waals surface area contributed by atoms with E-state index in [1.807, 2.05) is 6.92 Å². The van der Waals surface area contributed by atoms with Crippen molar-refractivity contribution in [1.82, 2.24) is 14.8 Å². The average molecular weight is 377 g/mol. The highest BCUT2D eigenvalue weighted by molar-refractivity contribution is 7.92. The highest BCUT2D eigenvalue weighted by atomic mass is 35.5. The van der Waals surface area contributed by atoms with Gasteiger partial charge in [-0.15, -0.1) is 0 Å². The van der Waals surface area contributed by atoms with Gasteiger partial charge in [-0.1, -0.05) is 11.6 Å². The lowest BCUT2D eigenvalue weighted by atomic mass is 10.3. The van der Waals surface area contributed by atoms with Gasteiger partial charge in [-0.2, -0.15) is 5.10 Å². The van der Waals surface area contributed by atoms with Crippen LogP contribution < -0.4 is 4.72 Å². The van der Waals surface area contributed by atoms with Crippen LogP contribution in [0.4, 0.5) is 5.82 Å². The van der Waals surface area contributed by atoms with E-state index in [9.17, 15) is 8.42 Å². The zero-order chi connectivity index (χ0) is 18.2. The normalized spacial score (nSPS) is 11.5. The Morgan fingerprint density at radius 2 is 1.76 bits per heavy atom. The predicted molar refractivity (Wildman–Crippen MR) is 97.8 cm³/mol. The Kier molecular flexibility index (Phi) is 4.53. The summed E-state index contributed by atoms with van der Waals surface area (Å²) in [6, 6.07) is 10.5. The molecule has 0 spiro atoms. The lowest BCUT2D eigenvalue weighted by Gasteiger charge is -2.09. The fourth-order valence-electron chi connectivity index (χ4n) is 2.63. The lowest BCUT2D eigenvalue weighted by Crippen LogP contribution is -2.15. The zero-order valence-electron chi connectivity index (χ0n) is 14.0. The van der Waals surface area contributed by atoms with E-state index in [1.165, 1.54) is 0 Å². The zero-order valence-corrected chi connectivity index (χ0v) is 15.6. The average Bonchev–Trinajstić information content (AvgIpc) is 2.83. The van der Waals surface area contributed by atoms with Gasteiger partial charge in [-0.3, -0.25) is 4.72 Å². The number of hydrogen-bond acceptors (Lipinski definition) is 4. The van der Waals surface area contributed by atoms with Crippen LogP contribution in [0, 0.1) is 20.8 Å². The van der Waals surface area contributed by atoms with E-state index in [0.717, 1.165) is 11.3 Å². The molecule has 0 amide bonds. The van der Waals surface area contributed by atoms with Gasteiger partial charge in [0.1, 0.15) is 10.7 Å². The number of nitrogens with zero attached hydrogens (tertiary/aromatic N) is 3. The van der Waals surface area contributed by atoms with Crippen molar-refractivity contribution in [2.45, 2.75) is 25.7 Å². The highest BCUT2D eigenvalue weighted by Crippen LogP contribution is 2.25. The second-order valence-electron chi connectivity index (χ2n) is 5.71. The summed E-state index contributed by atoms with van der Waals surface area (Å²) in [5.74, 6) is 0.276. The second kappa shape index (κ2) is 6.50. The second-order valence-corrected chi connectivity index (χ2v) is 7.77. The van der Waals surface area contributed by atoms with Gasteiger partial charge in [0.05, 0.1) is 17.1 Å². The Balaban J connectivity index is 2.03. The maximum Gasteiger partial charge on any atom is 0.266 e. The molecule has 25 heavy (non-hydrogen) atoms. The first-order chi connectivity index (χ1) is 11.8. The molecule has 0 aliphatic heterocycles. The van der Waals surface area contributed by atoms with E-state index in [-0.39, 0.29) is 10.7 Å². The minimum absolute atomic E-state index is 0.144. The first-order valence-corrected chi connectivity index (χ1v) is 9.42. The first kappa shape index (κ1) is 17.4. The molecule has 1 aromatic carbocycles. The van der Waals surface area contributed by atoms with E-state index >= 15 is 0 Å². The summed E-state index contributed by atoms with van der Waals surface area (Å²) in [5, 5.41) is 4.97. The number of hydrogen-bond donors (Lipinski definition) is 1. The predicted octanol–water partition coefficient (Wildman–Crippen LogP) is 3.65. The quantitative estimate of drug-likeness (QED) is 0.754. The number of nitrogens with one attached hydrogen (secondary N) is 1. The first-order valence-electron chi connectivity index (χ1n) is 7.55. The number of aryl methyl sites for hydroxylation is 2. The molecule has 6 nitrogen and oxygen atoms in total. The summed E-state index contributed by atoms with van der Waals surface area (Å²) in [5.41, 5.74) is 2.57. The third-order valence-corrected chi connectivity index (χ3v) is 5.58. The van der Waals surface area contributed by atoms with Gasteiger partial charge in [-0.25, -0.2) is 18.1 Å². The topological polar surface area (TPSA) is 76.9 Å². The molecule has 2 aromatic heterocycles. The summed E-state index contributed by atoms with van der Waals surface area (Å²) >= 11 is 5.91. The van der Waals surface area contributed by atoms with Crippen LogP contribution in [-0.4, -0.2) is 23.2 Å². The Labute approximate surface area is 151 Å². The van der Waals surface area contributed by atoms with Crippen LogP contribution in [0.25, 0.3) is 5.69 Å². The van der Waals surface area contributed by atoms with Crippen LogP contribution >= 0.6 is 11.6 Å². The Morgan fingerprint density at radius 1 is 1.08 bits per heavy atom. The molecule has 0 aliphatic rings. The van der Waals surface area contributed by atoms with E-state index in [1.54, 1.807) is 61.1 Å². The Morgan fingerprint density at radius 3 is 2.40 bits per heavy atom. The lowest BCUT2D eigenvalue weighted by molar-refractivity contribution is 0.599. The molecule has 8 heteroatoms. The summed E-state index contributed by atoms with van der Waals surface area (Å²) in [7, 11) is -3.81. The summed E-state index contributed by atoms with van der Waals surface area (Å²) < 4.78 is 29.8. The van der Waals surface area contributed by atoms with Crippen molar-refractivity contribution >= 4 is 27.4 Å². The van der Waals surface area contributed by atoms with Crippen molar-refractivity contribution in [3.8, 4) is 5.69 Å². The van der Waals surface area contributed by atoms with Crippen LogP contribution in [0.1, 0.15) is 17.0 Å². The molecule has 0 saturated carbocycles. The molecule has 0 atom stereocenters. The molecule has 0 radical (unpaired) electrons. The van der Waals surface area contributed by atoms with Crippen LogP contribution in [0.3, 0.4) is 0 Å². The van der Waals surface area contributed by atoms with E-state index in [4.69, 9.17) is 11.6 Å². The van der Waals surface area contributed by atoms with Crippen molar-refractivity contribution in [1.29, 1.82) is 0 Å². The largest absolute Gasteiger partial charge is 0.266 e. The summed E-state index contributed by atoms with van der Waals surface area (Å²) in [6.07, 6.45) is 1.56. The standard InChI is InChI=1S/C17H17ClN4O2S/c1-11-8-9-19-16(10-11)21-25(23,24)17-12(2)20-22(13(17)3)15-6-4-14(18)5-7-15/h4-10H,1-3H3,(H,19,21). The Bertz CT molecular complexity index is 1030. The SMILES string of the molecule is Cc1ccnc(NS(=O)(=O)c2c(C)nn(-c3ccc(Cl)cc3)c2C)c1. The number of pyridine rings is 1. The van der Waals surface area contributed by atoms with Gasteiger partial charge in [0.2, 0.25) is 0 Å². The van der Waals surface area contributed by atoms with Gasteiger partial charge in [0.15, 0.2) is 0 Å². The number of rotatable bonds is 4. The summed E-state index contributed by atoms with van der Waals surface area (Å²) in [6.45, 7) is 5.25. The van der Waals surface area contributed by atoms with Gasteiger partial charge in [0, 0.05) is 11.2 Å². The highest BCUT2D eigenvalue weighted by Gasteiger charge is 2.25. The molecule has 0 bridgehead atoms. The molecule has 0 unspecified atom stereocenters. The summed E-state index contributed by atoms with van der Waals surface area (Å²) in [4.78, 5) is 4.20. The van der Waals surface area contributed by atoms with E-state index in [2.05, 4.69) is 14.8 Å². The van der Waals surface area contributed by atoms with Crippen molar-refractivity contribution in [2.75, 3.05) is 4.72 Å². The number of anilines is 1. The molecule has 2 heterocycles. The molecule has 0 fully saturated rings. The smallest absolute Gasteiger partial charge is 0.263 e. The monoisotopic (exact) mass is 376 g/mol. The molecule has 3 rings (SSSR count). The molecule has 0 saturated heterocycles. The molecule has 130 valence electrons. The number of sulfonamides is 1. The maximum absolute atomic E-state index is 12.8. The molecule has 3 aromatic rings. The molecular formula is C17H17ClN4O2S. The maximum atomic E-state index is 12.8. The number of halogens is 1. The number of aromatic nitrogens is 3. The van der Waals surface area contributed by atoms with Crippen molar-refractivity contribution in [3.05, 3.63) is 64.6 Å². The molecular weight excluding hydrogens is 360 g/mol. The van der Waals surface area contributed by atoms with Crippen LogP contribution in [-0.2, 0) is 10.0 Å². The van der Waals surface area contributed by atoms with Crippen LogP contribution in [0.2, 0.25) is 5.02 Å². The van der Waals surface area contributed by atoms with Crippen molar-refractivity contribution in [3.63, 3.8) is 0 Å². The Hall–Kier alpha value is -2.38.